The maximum absolute atomic E-state index is 12.3. The molecule has 1 N–H and O–H groups in total. The zero-order valence-corrected chi connectivity index (χ0v) is 14.7. The molecule has 136 valence electrons. The molecule has 2 aromatic carbocycles. The zero-order chi connectivity index (χ0) is 18.7. The number of rotatable bonds is 6. The lowest BCUT2D eigenvalue weighted by Crippen LogP contribution is -2.23. The van der Waals surface area contributed by atoms with E-state index in [2.05, 4.69) is 5.32 Å². The molecule has 3 rings (SSSR count). The number of hydrogen-bond donors (Lipinski definition) is 1. The molecule has 0 aromatic heterocycles. The van der Waals surface area contributed by atoms with Crippen LogP contribution in [0.4, 0.5) is 5.69 Å². The van der Waals surface area contributed by atoms with E-state index in [1.165, 1.54) is 18.2 Å². The second kappa shape index (κ2) is 7.43. The molecule has 0 fully saturated rings. The van der Waals surface area contributed by atoms with E-state index in [0.717, 1.165) is 23.3 Å². The summed E-state index contributed by atoms with van der Waals surface area (Å²) in [6, 6.07) is 9.48. The molecule has 26 heavy (non-hydrogen) atoms. The molecule has 7 heteroatoms. The van der Waals surface area contributed by atoms with Gasteiger partial charge in [-0.2, -0.15) is 0 Å². The smallest absolute Gasteiger partial charge is 0.270 e. The molecule has 0 aliphatic carbocycles. The van der Waals surface area contributed by atoms with Crippen LogP contribution in [0.1, 0.15) is 35.3 Å². The summed E-state index contributed by atoms with van der Waals surface area (Å²) < 4.78 is 11.5. The van der Waals surface area contributed by atoms with Gasteiger partial charge >= 0.3 is 0 Å². The number of nitrogens with one attached hydrogen (secondary N) is 1. The fourth-order valence-corrected chi connectivity index (χ4v) is 2.95. The number of benzene rings is 2. The summed E-state index contributed by atoms with van der Waals surface area (Å²) in [6.45, 7) is 4.66. The summed E-state index contributed by atoms with van der Waals surface area (Å²) in [4.78, 5) is 22.7. The van der Waals surface area contributed by atoms with Gasteiger partial charge in [-0.15, -0.1) is 0 Å². The van der Waals surface area contributed by atoms with Crippen LogP contribution in [0.5, 0.6) is 11.5 Å². The summed E-state index contributed by atoms with van der Waals surface area (Å²) in [7, 11) is 0. The molecular formula is C19H20N2O5. The lowest BCUT2D eigenvalue weighted by Gasteiger charge is -2.13. The largest absolute Gasteiger partial charge is 0.494 e. The van der Waals surface area contributed by atoms with E-state index in [1.54, 1.807) is 6.07 Å². The quantitative estimate of drug-likeness (QED) is 0.634. The summed E-state index contributed by atoms with van der Waals surface area (Å²) >= 11 is 0. The standard InChI is InChI=1S/C19H20N2O5/c1-3-25-17-9-14-7-12(2)26-18(14)10-15(17)11-20-19(22)13-5-4-6-16(8-13)21(23)24/h4-6,8-10,12H,3,7,11H2,1-2H3,(H,20,22). The summed E-state index contributed by atoms with van der Waals surface area (Å²) in [5, 5.41) is 13.6. The fourth-order valence-electron chi connectivity index (χ4n) is 2.95. The number of ether oxygens (including phenoxy) is 2. The highest BCUT2D eigenvalue weighted by Gasteiger charge is 2.22. The average Bonchev–Trinajstić information content (AvgIpc) is 2.98. The Labute approximate surface area is 151 Å². The first-order valence-corrected chi connectivity index (χ1v) is 8.45. The Morgan fingerprint density at radius 1 is 1.38 bits per heavy atom. The molecule has 2 aromatic rings. The van der Waals surface area contributed by atoms with Crippen LogP contribution in [-0.4, -0.2) is 23.5 Å². The highest BCUT2D eigenvalue weighted by molar-refractivity contribution is 5.94. The topological polar surface area (TPSA) is 90.7 Å². The van der Waals surface area contributed by atoms with E-state index in [4.69, 9.17) is 9.47 Å². The van der Waals surface area contributed by atoms with E-state index in [9.17, 15) is 14.9 Å². The maximum atomic E-state index is 12.3. The molecule has 0 bridgehead atoms. The van der Waals surface area contributed by atoms with Crippen molar-refractivity contribution in [2.75, 3.05) is 6.61 Å². The molecule has 1 aliphatic rings. The van der Waals surface area contributed by atoms with Gasteiger partial charge in [-0.3, -0.25) is 14.9 Å². The van der Waals surface area contributed by atoms with Gasteiger partial charge < -0.3 is 14.8 Å². The molecule has 0 radical (unpaired) electrons. The molecule has 0 spiro atoms. The van der Waals surface area contributed by atoms with Crippen LogP contribution in [0, 0.1) is 10.1 Å². The van der Waals surface area contributed by atoms with Crippen molar-refractivity contribution in [3.8, 4) is 11.5 Å². The van der Waals surface area contributed by atoms with Crippen LogP contribution < -0.4 is 14.8 Å². The Kier molecular flexibility index (Phi) is 5.06. The Morgan fingerprint density at radius 2 is 2.19 bits per heavy atom. The SMILES string of the molecule is CCOc1cc2c(cc1CNC(=O)c1cccc([N+](=O)[O-])c1)OC(C)C2. The number of carbonyl (C=O) groups is 1. The third kappa shape index (κ3) is 3.77. The first-order valence-electron chi connectivity index (χ1n) is 8.45. The monoisotopic (exact) mass is 356 g/mol. The van der Waals surface area contributed by atoms with Gasteiger partial charge in [0.25, 0.3) is 11.6 Å². The van der Waals surface area contributed by atoms with Gasteiger partial charge in [-0.05, 0) is 32.0 Å². The van der Waals surface area contributed by atoms with E-state index < -0.39 is 4.92 Å². The lowest BCUT2D eigenvalue weighted by molar-refractivity contribution is -0.384. The van der Waals surface area contributed by atoms with Crippen LogP contribution in [0.15, 0.2) is 36.4 Å². The van der Waals surface area contributed by atoms with Gasteiger partial charge in [0, 0.05) is 41.8 Å². The molecule has 0 saturated carbocycles. The Balaban J connectivity index is 1.76. The second-order valence-corrected chi connectivity index (χ2v) is 6.12. The van der Waals surface area contributed by atoms with Gasteiger partial charge in [0.05, 0.1) is 11.5 Å². The van der Waals surface area contributed by atoms with Crippen LogP contribution in [0.3, 0.4) is 0 Å². The maximum Gasteiger partial charge on any atom is 0.270 e. The summed E-state index contributed by atoms with van der Waals surface area (Å²) in [5.41, 5.74) is 2.02. The molecule has 1 atom stereocenters. The number of carbonyl (C=O) groups excluding carboxylic acids is 1. The van der Waals surface area contributed by atoms with Crippen molar-refractivity contribution in [1.29, 1.82) is 0 Å². The van der Waals surface area contributed by atoms with E-state index in [0.29, 0.717) is 12.4 Å². The zero-order valence-electron chi connectivity index (χ0n) is 14.7. The van der Waals surface area contributed by atoms with Crippen molar-refractivity contribution in [1.82, 2.24) is 5.32 Å². The normalized spacial score (nSPS) is 15.1. The fraction of sp³-hybridized carbons (Fsp3) is 0.316. The minimum Gasteiger partial charge on any atom is -0.494 e. The van der Waals surface area contributed by atoms with Gasteiger partial charge in [0.1, 0.15) is 17.6 Å². The molecule has 1 aliphatic heterocycles. The number of fused-ring (bicyclic) bond motifs is 1. The Hall–Kier alpha value is -3.09. The predicted molar refractivity (Wildman–Crippen MR) is 95.7 cm³/mol. The first-order chi connectivity index (χ1) is 12.5. The van der Waals surface area contributed by atoms with Crippen molar-refractivity contribution in [3.05, 3.63) is 63.2 Å². The summed E-state index contributed by atoms with van der Waals surface area (Å²) in [6.07, 6.45) is 0.949. The van der Waals surface area contributed by atoms with Crippen molar-refractivity contribution in [2.45, 2.75) is 32.9 Å². The number of nitro benzene ring substituents is 1. The van der Waals surface area contributed by atoms with Crippen LogP contribution in [0.25, 0.3) is 0 Å². The third-order valence-electron chi connectivity index (χ3n) is 4.14. The number of hydrogen-bond acceptors (Lipinski definition) is 5. The summed E-state index contributed by atoms with van der Waals surface area (Å²) in [5.74, 6) is 1.13. The lowest BCUT2D eigenvalue weighted by atomic mass is 10.1. The molecular weight excluding hydrogens is 336 g/mol. The van der Waals surface area contributed by atoms with Gasteiger partial charge in [-0.1, -0.05) is 6.07 Å². The molecule has 0 saturated heterocycles. The first kappa shape index (κ1) is 17.7. The number of nitro groups is 1. The second-order valence-electron chi connectivity index (χ2n) is 6.12. The van der Waals surface area contributed by atoms with Crippen LogP contribution >= 0.6 is 0 Å². The highest BCUT2D eigenvalue weighted by atomic mass is 16.6. The molecule has 7 nitrogen and oxygen atoms in total. The van der Waals surface area contributed by atoms with Crippen molar-refractivity contribution >= 4 is 11.6 Å². The average molecular weight is 356 g/mol. The Bertz CT molecular complexity index is 850. The molecule has 1 amide bonds. The third-order valence-corrected chi connectivity index (χ3v) is 4.14. The van der Waals surface area contributed by atoms with E-state index in [1.807, 2.05) is 26.0 Å². The van der Waals surface area contributed by atoms with Crippen molar-refractivity contribution in [2.24, 2.45) is 0 Å². The number of non-ortho nitro benzene ring substituents is 1. The minimum atomic E-state index is -0.525. The van der Waals surface area contributed by atoms with Crippen LogP contribution in [-0.2, 0) is 13.0 Å². The van der Waals surface area contributed by atoms with E-state index in [-0.39, 0.29) is 29.8 Å². The minimum absolute atomic E-state index is 0.118. The van der Waals surface area contributed by atoms with Gasteiger partial charge in [0.2, 0.25) is 0 Å². The van der Waals surface area contributed by atoms with Gasteiger partial charge in [0.15, 0.2) is 0 Å². The van der Waals surface area contributed by atoms with Gasteiger partial charge in [-0.25, -0.2) is 0 Å². The molecule has 1 unspecified atom stereocenters. The highest BCUT2D eigenvalue weighted by Crippen LogP contribution is 2.35. The predicted octanol–water partition coefficient (Wildman–Crippen LogP) is 3.25. The van der Waals surface area contributed by atoms with Crippen molar-refractivity contribution in [3.63, 3.8) is 0 Å². The molecule has 1 heterocycles. The number of amides is 1. The Morgan fingerprint density at radius 3 is 2.92 bits per heavy atom. The number of nitrogens with zero attached hydrogens (tertiary/aromatic N) is 1. The van der Waals surface area contributed by atoms with Crippen LogP contribution in [0.2, 0.25) is 0 Å². The van der Waals surface area contributed by atoms with Crippen molar-refractivity contribution < 1.29 is 19.2 Å². The van der Waals surface area contributed by atoms with E-state index >= 15 is 0 Å².